The fraction of sp³-hybridized carbons (Fsp3) is 0.263. The van der Waals surface area contributed by atoms with E-state index < -0.39 is 0 Å². The fourth-order valence-corrected chi connectivity index (χ4v) is 3.35. The molecule has 0 radical (unpaired) electrons. The molecule has 0 saturated heterocycles. The Labute approximate surface area is 156 Å². The van der Waals surface area contributed by atoms with Crippen LogP contribution >= 0.6 is 11.8 Å². The molecule has 1 atom stereocenters. The molecule has 3 rings (SSSR count). The first-order chi connectivity index (χ1) is 12.7. The van der Waals surface area contributed by atoms with Crippen LogP contribution in [0.3, 0.4) is 0 Å². The van der Waals surface area contributed by atoms with E-state index in [9.17, 15) is 5.26 Å². The summed E-state index contributed by atoms with van der Waals surface area (Å²) < 4.78 is 6.89. The lowest BCUT2D eigenvalue weighted by Gasteiger charge is -2.10. The van der Waals surface area contributed by atoms with Crippen molar-refractivity contribution >= 4 is 11.8 Å². The maximum atomic E-state index is 9.52. The normalized spacial score (nSPS) is 11.7. The van der Waals surface area contributed by atoms with E-state index in [4.69, 9.17) is 4.74 Å². The topological polar surface area (TPSA) is 76.6 Å². The van der Waals surface area contributed by atoms with E-state index >= 15 is 0 Å². The van der Waals surface area contributed by atoms with Crippen molar-refractivity contribution < 1.29 is 4.74 Å². The Balaban J connectivity index is 1.68. The predicted molar refractivity (Wildman–Crippen MR) is 100 cm³/mol. The third-order valence-corrected chi connectivity index (χ3v) is 4.98. The number of hydrogen-bond acceptors (Lipinski definition) is 6. The zero-order chi connectivity index (χ0) is 18.4. The quantitative estimate of drug-likeness (QED) is 0.598. The molecule has 0 spiro atoms. The minimum absolute atomic E-state index is 0.252. The summed E-state index contributed by atoms with van der Waals surface area (Å²) in [4.78, 5) is 0. The van der Waals surface area contributed by atoms with Crippen LogP contribution in [-0.2, 0) is 13.0 Å². The number of aryl methyl sites for hydroxylation is 1. The molecule has 6 nitrogen and oxygen atoms in total. The summed E-state index contributed by atoms with van der Waals surface area (Å²) in [6, 6.07) is 18.3. The highest BCUT2D eigenvalue weighted by atomic mass is 32.2. The number of aromatic nitrogens is 4. The summed E-state index contributed by atoms with van der Waals surface area (Å²) in [7, 11) is 1.64. The number of hydrogen-bond donors (Lipinski definition) is 0. The highest BCUT2D eigenvalue weighted by molar-refractivity contribution is 8.00. The third kappa shape index (κ3) is 4.61. The average Bonchev–Trinajstić information content (AvgIpc) is 3.10. The SMILES string of the molecule is COc1ccc(Cn2nnnc2SC(C#N)Cc2ccc(C)cc2)cc1. The molecule has 1 heterocycles. The molecule has 7 heteroatoms. The number of nitrogens with zero attached hydrogens (tertiary/aromatic N) is 5. The number of tetrazole rings is 1. The van der Waals surface area contributed by atoms with Crippen LogP contribution in [0.5, 0.6) is 5.75 Å². The molecule has 1 aromatic heterocycles. The van der Waals surface area contributed by atoms with Gasteiger partial charge in [0.05, 0.1) is 19.7 Å². The van der Waals surface area contributed by atoms with Gasteiger partial charge in [-0.1, -0.05) is 53.7 Å². The van der Waals surface area contributed by atoms with Gasteiger partial charge in [-0.15, -0.1) is 5.10 Å². The predicted octanol–water partition coefficient (Wildman–Crippen LogP) is 3.27. The molecule has 3 aromatic rings. The van der Waals surface area contributed by atoms with Crippen LogP contribution in [0.25, 0.3) is 0 Å². The minimum Gasteiger partial charge on any atom is -0.497 e. The zero-order valence-electron chi connectivity index (χ0n) is 14.7. The van der Waals surface area contributed by atoms with Crippen LogP contribution in [-0.4, -0.2) is 32.6 Å². The molecule has 0 aliphatic rings. The standard InChI is InChI=1S/C19H19N5OS/c1-14-3-5-15(6-4-14)11-18(12-20)26-19-21-22-23-24(19)13-16-7-9-17(25-2)10-8-16/h3-10,18H,11,13H2,1-2H3. The summed E-state index contributed by atoms with van der Waals surface area (Å²) in [6.45, 7) is 2.59. The highest BCUT2D eigenvalue weighted by Crippen LogP contribution is 2.24. The van der Waals surface area contributed by atoms with Crippen LogP contribution < -0.4 is 4.74 Å². The summed E-state index contributed by atoms with van der Waals surface area (Å²) in [6.07, 6.45) is 0.650. The van der Waals surface area contributed by atoms with Crippen molar-refractivity contribution in [3.8, 4) is 11.8 Å². The molecule has 2 aromatic carbocycles. The van der Waals surface area contributed by atoms with E-state index in [1.807, 2.05) is 31.2 Å². The van der Waals surface area contributed by atoms with Crippen LogP contribution in [0.1, 0.15) is 16.7 Å². The number of ether oxygens (including phenoxy) is 1. The number of rotatable bonds is 7. The van der Waals surface area contributed by atoms with Crippen LogP contribution in [0, 0.1) is 18.3 Å². The Hall–Kier alpha value is -2.85. The highest BCUT2D eigenvalue weighted by Gasteiger charge is 2.16. The lowest BCUT2D eigenvalue weighted by atomic mass is 10.1. The first-order valence-electron chi connectivity index (χ1n) is 8.19. The van der Waals surface area contributed by atoms with Gasteiger partial charge in [0, 0.05) is 0 Å². The van der Waals surface area contributed by atoms with Crippen molar-refractivity contribution in [3.05, 3.63) is 65.2 Å². The second-order valence-corrected chi connectivity index (χ2v) is 7.06. The molecular formula is C19H19N5OS. The van der Waals surface area contributed by atoms with E-state index in [1.165, 1.54) is 17.3 Å². The number of benzene rings is 2. The molecule has 0 bridgehead atoms. The zero-order valence-corrected chi connectivity index (χ0v) is 15.5. The largest absolute Gasteiger partial charge is 0.497 e. The van der Waals surface area contributed by atoms with Gasteiger partial charge in [0.1, 0.15) is 11.0 Å². The van der Waals surface area contributed by atoms with Crippen molar-refractivity contribution in [1.29, 1.82) is 5.26 Å². The molecule has 0 fully saturated rings. The van der Waals surface area contributed by atoms with Crippen LogP contribution in [0.4, 0.5) is 0 Å². The number of thioether (sulfide) groups is 1. The molecule has 132 valence electrons. The van der Waals surface area contributed by atoms with Gasteiger partial charge in [-0.25, -0.2) is 4.68 Å². The van der Waals surface area contributed by atoms with E-state index in [1.54, 1.807) is 11.8 Å². The van der Waals surface area contributed by atoms with Gasteiger partial charge in [-0.2, -0.15) is 5.26 Å². The second kappa shape index (κ2) is 8.50. The Morgan fingerprint density at radius 3 is 2.46 bits per heavy atom. The first-order valence-corrected chi connectivity index (χ1v) is 9.07. The van der Waals surface area contributed by atoms with Gasteiger partial charge in [-0.3, -0.25) is 0 Å². The van der Waals surface area contributed by atoms with Gasteiger partial charge in [-0.05, 0) is 47.0 Å². The maximum absolute atomic E-state index is 9.52. The summed E-state index contributed by atoms with van der Waals surface area (Å²) in [5, 5.41) is 21.8. The Morgan fingerprint density at radius 1 is 1.12 bits per heavy atom. The summed E-state index contributed by atoms with van der Waals surface area (Å²) in [5.41, 5.74) is 3.40. The van der Waals surface area contributed by atoms with Crippen molar-refractivity contribution in [2.75, 3.05) is 7.11 Å². The molecule has 0 aliphatic carbocycles. The van der Waals surface area contributed by atoms with Gasteiger partial charge in [0.15, 0.2) is 0 Å². The molecule has 0 aliphatic heterocycles. The number of methoxy groups -OCH3 is 1. The Morgan fingerprint density at radius 2 is 1.81 bits per heavy atom. The van der Waals surface area contributed by atoms with E-state index in [0.717, 1.165) is 16.9 Å². The van der Waals surface area contributed by atoms with Gasteiger partial charge in [0.25, 0.3) is 0 Å². The van der Waals surface area contributed by atoms with Gasteiger partial charge >= 0.3 is 0 Å². The van der Waals surface area contributed by atoms with E-state index in [0.29, 0.717) is 18.1 Å². The van der Waals surface area contributed by atoms with Crippen LogP contribution in [0.15, 0.2) is 53.7 Å². The minimum atomic E-state index is -0.252. The molecule has 0 N–H and O–H groups in total. The first kappa shape index (κ1) is 18.0. The van der Waals surface area contributed by atoms with E-state index in [2.05, 4.69) is 45.9 Å². The molecule has 0 saturated carbocycles. The smallest absolute Gasteiger partial charge is 0.210 e. The molecule has 26 heavy (non-hydrogen) atoms. The lowest BCUT2D eigenvalue weighted by Crippen LogP contribution is -2.09. The van der Waals surface area contributed by atoms with Crippen LogP contribution in [0.2, 0.25) is 0 Å². The Kier molecular flexibility index (Phi) is 5.87. The van der Waals surface area contributed by atoms with Gasteiger partial charge < -0.3 is 4.74 Å². The van der Waals surface area contributed by atoms with Gasteiger partial charge in [0.2, 0.25) is 5.16 Å². The monoisotopic (exact) mass is 365 g/mol. The Bertz CT molecular complexity index is 884. The number of nitriles is 1. The van der Waals surface area contributed by atoms with Crippen molar-refractivity contribution in [1.82, 2.24) is 20.2 Å². The lowest BCUT2D eigenvalue weighted by molar-refractivity contribution is 0.414. The maximum Gasteiger partial charge on any atom is 0.210 e. The fourth-order valence-electron chi connectivity index (χ4n) is 2.46. The summed E-state index contributed by atoms with van der Waals surface area (Å²) in [5.74, 6) is 0.808. The third-order valence-electron chi connectivity index (χ3n) is 3.92. The van der Waals surface area contributed by atoms with E-state index in [-0.39, 0.29) is 5.25 Å². The van der Waals surface area contributed by atoms with Crippen molar-refractivity contribution in [2.45, 2.75) is 30.3 Å². The average molecular weight is 365 g/mol. The second-order valence-electron chi connectivity index (χ2n) is 5.89. The summed E-state index contributed by atoms with van der Waals surface area (Å²) >= 11 is 1.39. The molecule has 1 unspecified atom stereocenters. The van der Waals surface area contributed by atoms with Crippen molar-refractivity contribution in [2.24, 2.45) is 0 Å². The van der Waals surface area contributed by atoms with Crippen molar-refractivity contribution in [3.63, 3.8) is 0 Å². The molecule has 0 amide bonds. The molecular weight excluding hydrogens is 346 g/mol.